The van der Waals surface area contributed by atoms with Gasteiger partial charge in [-0.25, -0.2) is 0 Å². The molecule has 2 bridgehead atoms. The number of rotatable bonds is 1. The minimum atomic E-state index is -0.649. The van der Waals surface area contributed by atoms with E-state index in [1.165, 1.54) is 0 Å². The van der Waals surface area contributed by atoms with Crippen LogP contribution >= 0.6 is 0 Å². The molecule has 2 N–H and O–H groups in total. The minimum Gasteiger partial charge on any atom is -0.390 e. The summed E-state index contributed by atoms with van der Waals surface area (Å²) >= 11 is 0. The maximum absolute atomic E-state index is 10.5. The fourth-order valence-electron chi connectivity index (χ4n) is 2.51. The highest BCUT2D eigenvalue weighted by Gasteiger charge is 2.51. The zero-order chi connectivity index (χ0) is 8.01. The topological polar surface area (TPSA) is 57.5 Å². The lowest BCUT2D eigenvalue weighted by atomic mass is 9.86. The Hall–Kier alpha value is -0.410. The summed E-state index contributed by atoms with van der Waals surface area (Å²) in [5.74, 6) is 0.205. The molecule has 0 amide bonds. The number of fused-ring (bicyclic) bond motifs is 2. The molecule has 11 heavy (non-hydrogen) atoms. The molecule has 0 aromatic carbocycles. The number of carbonyl (C=O) groups is 1. The van der Waals surface area contributed by atoms with Gasteiger partial charge in [-0.2, -0.15) is 0 Å². The molecule has 2 saturated carbocycles. The summed E-state index contributed by atoms with van der Waals surface area (Å²) < 4.78 is 0. The average molecular weight is 156 g/mol. The van der Waals surface area contributed by atoms with Crippen molar-refractivity contribution in [1.82, 2.24) is 0 Å². The van der Waals surface area contributed by atoms with Crippen LogP contribution in [0.3, 0.4) is 0 Å². The maximum Gasteiger partial charge on any atom is 0.123 e. The van der Waals surface area contributed by atoms with Crippen molar-refractivity contribution in [2.24, 2.45) is 17.8 Å². The zero-order valence-electron chi connectivity index (χ0n) is 6.18. The van der Waals surface area contributed by atoms with Crippen molar-refractivity contribution in [3.63, 3.8) is 0 Å². The molecule has 0 aromatic heterocycles. The Morgan fingerprint density at radius 3 is 2.36 bits per heavy atom. The highest BCUT2D eigenvalue weighted by Crippen LogP contribution is 2.47. The number of hydrogen-bond donors (Lipinski definition) is 2. The first-order chi connectivity index (χ1) is 5.24. The summed E-state index contributed by atoms with van der Waals surface area (Å²) in [6.45, 7) is 0. The Morgan fingerprint density at radius 2 is 1.91 bits per heavy atom. The van der Waals surface area contributed by atoms with Gasteiger partial charge in [0, 0.05) is 5.92 Å². The number of aldehydes is 1. The van der Waals surface area contributed by atoms with Crippen LogP contribution < -0.4 is 0 Å². The van der Waals surface area contributed by atoms with Crippen LogP contribution in [0.1, 0.15) is 12.8 Å². The quantitative estimate of drug-likeness (QED) is 0.506. The van der Waals surface area contributed by atoms with Crippen LogP contribution in [-0.4, -0.2) is 28.7 Å². The van der Waals surface area contributed by atoms with Crippen molar-refractivity contribution in [2.45, 2.75) is 25.0 Å². The summed E-state index contributed by atoms with van der Waals surface area (Å²) in [7, 11) is 0. The molecule has 2 fully saturated rings. The molecule has 3 heteroatoms. The Bertz CT molecular complexity index is 178. The van der Waals surface area contributed by atoms with Gasteiger partial charge in [0.1, 0.15) is 6.29 Å². The second kappa shape index (κ2) is 2.29. The van der Waals surface area contributed by atoms with Crippen molar-refractivity contribution in [3.05, 3.63) is 0 Å². The molecule has 3 nitrogen and oxygen atoms in total. The number of aliphatic hydroxyl groups is 2. The van der Waals surface area contributed by atoms with E-state index in [0.717, 1.165) is 19.1 Å². The molecule has 2 rings (SSSR count). The lowest BCUT2D eigenvalue weighted by Crippen LogP contribution is -2.36. The Morgan fingerprint density at radius 1 is 1.18 bits per heavy atom. The van der Waals surface area contributed by atoms with Crippen molar-refractivity contribution in [1.29, 1.82) is 0 Å². The van der Waals surface area contributed by atoms with Crippen LogP contribution in [0.25, 0.3) is 0 Å². The number of aliphatic hydroxyl groups excluding tert-OH is 2. The van der Waals surface area contributed by atoms with Gasteiger partial charge in [0.05, 0.1) is 12.2 Å². The minimum absolute atomic E-state index is 0.00148. The van der Waals surface area contributed by atoms with Crippen molar-refractivity contribution in [2.75, 3.05) is 0 Å². The molecule has 0 heterocycles. The second-order valence-corrected chi connectivity index (χ2v) is 3.68. The number of carbonyl (C=O) groups excluding carboxylic acids is 1. The third-order valence-electron chi connectivity index (χ3n) is 3.15. The molecule has 2 aliphatic rings. The van der Waals surface area contributed by atoms with Gasteiger partial charge in [0.15, 0.2) is 0 Å². The maximum atomic E-state index is 10.5. The van der Waals surface area contributed by atoms with Crippen LogP contribution in [0.5, 0.6) is 0 Å². The van der Waals surface area contributed by atoms with E-state index in [2.05, 4.69) is 0 Å². The van der Waals surface area contributed by atoms with E-state index in [1.807, 2.05) is 0 Å². The van der Waals surface area contributed by atoms with Crippen LogP contribution in [0.4, 0.5) is 0 Å². The summed E-state index contributed by atoms with van der Waals surface area (Å²) in [5.41, 5.74) is 0. The molecule has 5 atom stereocenters. The summed E-state index contributed by atoms with van der Waals surface area (Å²) in [6.07, 6.45) is 1.29. The van der Waals surface area contributed by atoms with E-state index in [9.17, 15) is 15.0 Å². The van der Waals surface area contributed by atoms with Gasteiger partial charge in [-0.3, -0.25) is 0 Å². The third-order valence-corrected chi connectivity index (χ3v) is 3.15. The van der Waals surface area contributed by atoms with Crippen LogP contribution in [0.2, 0.25) is 0 Å². The molecular weight excluding hydrogens is 144 g/mol. The molecule has 62 valence electrons. The van der Waals surface area contributed by atoms with Gasteiger partial charge in [-0.15, -0.1) is 0 Å². The van der Waals surface area contributed by atoms with E-state index in [4.69, 9.17) is 0 Å². The van der Waals surface area contributed by atoms with Crippen molar-refractivity contribution < 1.29 is 15.0 Å². The third kappa shape index (κ3) is 0.844. The lowest BCUT2D eigenvalue weighted by molar-refractivity contribution is -0.116. The largest absolute Gasteiger partial charge is 0.390 e. The van der Waals surface area contributed by atoms with E-state index >= 15 is 0 Å². The van der Waals surface area contributed by atoms with Gasteiger partial charge in [0.25, 0.3) is 0 Å². The van der Waals surface area contributed by atoms with E-state index in [0.29, 0.717) is 0 Å². The predicted octanol–water partition coefficient (Wildman–Crippen LogP) is -0.437. The second-order valence-electron chi connectivity index (χ2n) is 3.68. The first kappa shape index (κ1) is 7.25. The Labute approximate surface area is 65.0 Å². The standard InChI is InChI=1S/C8H12O3/c9-3-5-1-4-2-6(5)8(11)7(4)10/h3-8,10-11H,1-2H2. The van der Waals surface area contributed by atoms with E-state index < -0.39 is 12.2 Å². The molecule has 0 spiro atoms. The van der Waals surface area contributed by atoms with Crippen LogP contribution in [0, 0.1) is 17.8 Å². The fourth-order valence-corrected chi connectivity index (χ4v) is 2.51. The van der Waals surface area contributed by atoms with Gasteiger partial charge >= 0.3 is 0 Å². The van der Waals surface area contributed by atoms with Crippen LogP contribution in [0.15, 0.2) is 0 Å². The van der Waals surface area contributed by atoms with E-state index in [1.54, 1.807) is 0 Å². The fraction of sp³-hybridized carbons (Fsp3) is 0.875. The molecular formula is C8H12O3. The number of hydrogen-bond acceptors (Lipinski definition) is 3. The van der Waals surface area contributed by atoms with E-state index in [-0.39, 0.29) is 17.8 Å². The average Bonchev–Trinajstić information content (AvgIpc) is 2.53. The Kier molecular flexibility index (Phi) is 1.51. The van der Waals surface area contributed by atoms with Gasteiger partial charge in [-0.1, -0.05) is 0 Å². The molecule has 0 radical (unpaired) electrons. The highest BCUT2D eigenvalue weighted by atomic mass is 16.3. The Balaban J connectivity index is 2.15. The molecule has 0 aromatic rings. The lowest BCUT2D eigenvalue weighted by Gasteiger charge is -2.26. The first-order valence-corrected chi connectivity index (χ1v) is 4.05. The van der Waals surface area contributed by atoms with Gasteiger partial charge in [-0.05, 0) is 24.7 Å². The van der Waals surface area contributed by atoms with Gasteiger partial charge < -0.3 is 15.0 Å². The summed E-state index contributed by atoms with van der Waals surface area (Å²) in [5, 5.41) is 18.7. The van der Waals surface area contributed by atoms with Crippen molar-refractivity contribution >= 4 is 6.29 Å². The zero-order valence-corrected chi connectivity index (χ0v) is 6.18. The molecule has 0 saturated heterocycles. The highest BCUT2D eigenvalue weighted by molar-refractivity contribution is 5.55. The summed E-state index contributed by atoms with van der Waals surface area (Å²) in [4.78, 5) is 10.5. The summed E-state index contributed by atoms with van der Waals surface area (Å²) in [6, 6.07) is 0. The molecule has 2 aliphatic carbocycles. The van der Waals surface area contributed by atoms with Crippen LogP contribution in [-0.2, 0) is 4.79 Å². The monoisotopic (exact) mass is 156 g/mol. The predicted molar refractivity (Wildman–Crippen MR) is 37.8 cm³/mol. The molecule has 5 unspecified atom stereocenters. The normalized spacial score (nSPS) is 54.9. The van der Waals surface area contributed by atoms with Crippen molar-refractivity contribution in [3.8, 4) is 0 Å². The smallest absolute Gasteiger partial charge is 0.123 e. The van der Waals surface area contributed by atoms with Gasteiger partial charge in [0.2, 0.25) is 0 Å². The molecule has 0 aliphatic heterocycles. The SMILES string of the molecule is O=CC1CC2CC1C(O)C2O. The first-order valence-electron chi connectivity index (χ1n) is 4.05.